The van der Waals surface area contributed by atoms with E-state index in [2.05, 4.69) is 9.97 Å². The molecule has 0 aromatic carbocycles. The van der Waals surface area contributed by atoms with Gasteiger partial charge in [-0.05, 0) is 12.1 Å². The minimum absolute atomic E-state index is 0.837. The van der Waals surface area contributed by atoms with Crippen molar-refractivity contribution in [1.82, 2.24) is 9.97 Å². The minimum Gasteiger partial charge on any atom is -0.264 e. The number of nitrogens with zero attached hydrogens (tertiary/aromatic N) is 3. The maximum Gasteiger partial charge on any atom is 0.0918 e. The van der Waals surface area contributed by atoms with Gasteiger partial charge in [-0.15, -0.1) is 0 Å². The third kappa shape index (κ3) is 2.12. The van der Waals surface area contributed by atoms with Gasteiger partial charge in [0.2, 0.25) is 0 Å². The van der Waals surface area contributed by atoms with Crippen LogP contribution in [-0.2, 0) is 0 Å². The van der Waals surface area contributed by atoms with Crippen molar-refractivity contribution in [3.05, 3.63) is 66.3 Å². The molecule has 0 unspecified atom stereocenters. The first-order valence-corrected chi connectivity index (χ1v) is 4.82. The smallest absolute Gasteiger partial charge is 0.0918 e. The highest BCUT2D eigenvalue weighted by Gasteiger charge is 2.04. The van der Waals surface area contributed by atoms with Gasteiger partial charge in [0.25, 0.3) is 0 Å². The summed E-state index contributed by atoms with van der Waals surface area (Å²) in [6.07, 6.45) is 8.38. The summed E-state index contributed by atoms with van der Waals surface area (Å²) in [5, 5.41) is 8.79. The second-order valence-corrected chi connectivity index (χ2v) is 3.17. The first-order valence-electron chi connectivity index (χ1n) is 4.82. The van der Waals surface area contributed by atoms with E-state index in [-0.39, 0.29) is 0 Å². The maximum absolute atomic E-state index is 8.79. The van der Waals surface area contributed by atoms with Crippen LogP contribution in [0.25, 0.3) is 5.57 Å². The molecule has 2 rings (SSSR count). The lowest BCUT2D eigenvalue weighted by Crippen LogP contribution is -1.89. The Kier molecular flexibility index (Phi) is 3.05. The first-order chi connectivity index (χ1) is 7.92. The maximum atomic E-state index is 8.79. The molecule has 0 aliphatic heterocycles. The summed E-state index contributed by atoms with van der Waals surface area (Å²) < 4.78 is 0. The first kappa shape index (κ1) is 10.1. The van der Waals surface area contributed by atoms with Gasteiger partial charge >= 0.3 is 0 Å². The van der Waals surface area contributed by atoms with Gasteiger partial charge in [-0.2, -0.15) is 5.26 Å². The lowest BCUT2D eigenvalue weighted by atomic mass is 10.0. The van der Waals surface area contributed by atoms with Gasteiger partial charge in [0.1, 0.15) is 0 Å². The summed E-state index contributed by atoms with van der Waals surface area (Å²) in [6, 6.07) is 9.58. The van der Waals surface area contributed by atoms with Crippen molar-refractivity contribution in [2.24, 2.45) is 0 Å². The Morgan fingerprint density at radius 2 is 1.62 bits per heavy atom. The van der Waals surface area contributed by atoms with Gasteiger partial charge in [0, 0.05) is 47.6 Å². The number of allylic oxidation sites excluding steroid dienone is 1. The summed E-state index contributed by atoms with van der Waals surface area (Å²) in [5.74, 6) is 0. The molecule has 2 aromatic rings. The number of pyridine rings is 2. The van der Waals surface area contributed by atoms with Crippen LogP contribution in [0.15, 0.2) is 55.1 Å². The summed E-state index contributed by atoms with van der Waals surface area (Å²) >= 11 is 0. The molecule has 0 radical (unpaired) electrons. The Bertz CT molecular complexity index is 483. The third-order valence-corrected chi connectivity index (χ3v) is 2.15. The van der Waals surface area contributed by atoms with E-state index in [1.54, 1.807) is 24.8 Å². The third-order valence-electron chi connectivity index (χ3n) is 2.15. The van der Waals surface area contributed by atoms with Crippen LogP contribution < -0.4 is 0 Å². The van der Waals surface area contributed by atoms with E-state index in [1.165, 1.54) is 6.08 Å². The monoisotopic (exact) mass is 207 g/mol. The van der Waals surface area contributed by atoms with Crippen molar-refractivity contribution in [3.8, 4) is 6.07 Å². The van der Waals surface area contributed by atoms with Crippen LogP contribution in [-0.4, -0.2) is 9.97 Å². The average molecular weight is 207 g/mol. The molecule has 0 spiro atoms. The second-order valence-electron chi connectivity index (χ2n) is 3.17. The Balaban J connectivity index is 2.50. The molecule has 0 saturated heterocycles. The lowest BCUT2D eigenvalue weighted by molar-refractivity contribution is 1.28. The Labute approximate surface area is 93.7 Å². The van der Waals surface area contributed by atoms with Crippen LogP contribution in [0.4, 0.5) is 0 Å². The lowest BCUT2D eigenvalue weighted by Gasteiger charge is -2.04. The quantitative estimate of drug-likeness (QED) is 0.710. The summed E-state index contributed by atoms with van der Waals surface area (Å²) in [5.41, 5.74) is 2.66. The summed E-state index contributed by atoms with van der Waals surface area (Å²) in [7, 11) is 0. The molecule has 0 aliphatic carbocycles. The highest BCUT2D eigenvalue weighted by molar-refractivity contribution is 5.80. The van der Waals surface area contributed by atoms with E-state index in [0.717, 1.165) is 16.7 Å². The van der Waals surface area contributed by atoms with E-state index >= 15 is 0 Å². The molecule has 2 heterocycles. The molecule has 0 amide bonds. The normalized spacial score (nSPS) is 9.19. The van der Waals surface area contributed by atoms with Crippen LogP contribution >= 0.6 is 0 Å². The molecule has 0 atom stereocenters. The van der Waals surface area contributed by atoms with Crippen LogP contribution in [0.5, 0.6) is 0 Å². The SMILES string of the molecule is N#CC=C(c1cccnc1)c1cccnc1. The van der Waals surface area contributed by atoms with Gasteiger partial charge in [0.05, 0.1) is 6.07 Å². The number of rotatable bonds is 2. The standard InChI is InChI=1S/C13H9N3/c14-6-5-13(11-3-1-7-15-9-11)12-4-2-8-16-10-12/h1-5,7-10H. The number of aromatic nitrogens is 2. The molecular weight excluding hydrogens is 198 g/mol. The van der Waals surface area contributed by atoms with Gasteiger partial charge in [-0.25, -0.2) is 0 Å². The molecule has 76 valence electrons. The largest absolute Gasteiger partial charge is 0.264 e. The fourth-order valence-electron chi connectivity index (χ4n) is 1.44. The predicted octanol–water partition coefficient (Wildman–Crippen LogP) is 2.43. The van der Waals surface area contributed by atoms with E-state index in [0.29, 0.717) is 0 Å². The van der Waals surface area contributed by atoms with E-state index in [9.17, 15) is 0 Å². The Morgan fingerprint density at radius 1 is 1.06 bits per heavy atom. The number of hydrogen-bond acceptors (Lipinski definition) is 3. The van der Waals surface area contributed by atoms with Crippen molar-refractivity contribution in [3.63, 3.8) is 0 Å². The number of nitriles is 1. The van der Waals surface area contributed by atoms with E-state index in [4.69, 9.17) is 5.26 Å². The molecule has 0 fully saturated rings. The molecule has 3 heteroatoms. The fourth-order valence-corrected chi connectivity index (χ4v) is 1.44. The molecule has 0 bridgehead atoms. The van der Waals surface area contributed by atoms with Crippen LogP contribution in [0.3, 0.4) is 0 Å². The predicted molar refractivity (Wildman–Crippen MR) is 61.2 cm³/mol. The molecular formula is C13H9N3. The second kappa shape index (κ2) is 4.85. The zero-order chi connectivity index (χ0) is 11.2. The van der Waals surface area contributed by atoms with E-state index < -0.39 is 0 Å². The van der Waals surface area contributed by atoms with Gasteiger partial charge in [0.15, 0.2) is 0 Å². The summed E-state index contributed by atoms with van der Waals surface area (Å²) in [6.45, 7) is 0. The van der Waals surface area contributed by atoms with Gasteiger partial charge in [-0.3, -0.25) is 9.97 Å². The molecule has 2 aromatic heterocycles. The Hall–Kier alpha value is -2.47. The van der Waals surface area contributed by atoms with Crippen molar-refractivity contribution < 1.29 is 0 Å². The highest BCUT2D eigenvalue weighted by Crippen LogP contribution is 2.21. The van der Waals surface area contributed by atoms with Crippen molar-refractivity contribution >= 4 is 5.57 Å². The molecule has 0 N–H and O–H groups in total. The zero-order valence-corrected chi connectivity index (χ0v) is 8.54. The topological polar surface area (TPSA) is 49.6 Å². The molecule has 0 aliphatic rings. The van der Waals surface area contributed by atoms with E-state index in [1.807, 2.05) is 30.3 Å². The summed E-state index contributed by atoms with van der Waals surface area (Å²) in [4.78, 5) is 8.09. The van der Waals surface area contributed by atoms with Gasteiger partial charge < -0.3 is 0 Å². The molecule has 16 heavy (non-hydrogen) atoms. The number of hydrogen-bond donors (Lipinski definition) is 0. The van der Waals surface area contributed by atoms with Crippen molar-refractivity contribution in [1.29, 1.82) is 5.26 Å². The van der Waals surface area contributed by atoms with Crippen molar-refractivity contribution in [2.75, 3.05) is 0 Å². The van der Waals surface area contributed by atoms with Crippen LogP contribution in [0, 0.1) is 11.3 Å². The van der Waals surface area contributed by atoms with Crippen molar-refractivity contribution in [2.45, 2.75) is 0 Å². The van der Waals surface area contributed by atoms with Crippen LogP contribution in [0.1, 0.15) is 11.1 Å². The average Bonchev–Trinajstić information content (AvgIpc) is 2.38. The fraction of sp³-hybridized carbons (Fsp3) is 0. The molecule has 3 nitrogen and oxygen atoms in total. The minimum atomic E-state index is 0.837. The van der Waals surface area contributed by atoms with Crippen LogP contribution in [0.2, 0.25) is 0 Å². The zero-order valence-electron chi connectivity index (χ0n) is 8.54. The Morgan fingerprint density at radius 3 is 2.00 bits per heavy atom. The molecule has 0 saturated carbocycles. The van der Waals surface area contributed by atoms with Gasteiger partial charge in [-0.1, -0.05) is 12.1 Å². The highest BCUT2D eigenvalue weighted by atomic mass is 14.6.